The van der Waals surface area contributed by atoms with Crippen molar-refractivity contribution in [3.63, 3.8) is 0 Å². The number of anilines is 2. The molecule has 0 saturated carbocycles. The lowest BCUT2D eigenvalue weighted by Crippen LogP contribution is -2.01. The van der Waals surface area contributed by atoms with Gasteiger partial charge in [-0.2, -0.15) is 0 Å². The summed E-state index contributed by atoms with van der Waals surface area (Å²) in [6, 6.07) is 2.99. The summed E-state index contributed by atoms with van der Waals surface area (Å²) in [5, 5.41) is 0. The molecule has 60 valence electrons. The predicted octanol–water partition coefficient (Wildman–Crippen LogP) is 1.55. The fourth-order valence-corrected chi connectivity index (χ4v) is 0.963. The Morgan fingerprint density at radius 3 is 2.45 bits per heavy atom. The van der Waals surface area contributed by atoms with Gasteiger partial charge in [0.05, 0.1) is 11.4 Å². The van der Waals surface area contributed by atoms with Crippen molar-refractivity contribution in [2.75, 3.05) is 11.5 Å². The molecule has 3 heteroatoms. The average molecular weight is 154 g/mol. The van der Waals surface area contributed by atoms with Crippen molar-refractivity contribution in [1.82, 2.24) is 0 Å². The lowest BCUT2D eigenvalue weighted by molar-refractivity contribution is 0.632. The summed E-state index contributed by atoms with van der Waals surface area (Å²) >= 11 is 0. The van der Waals surface area contributed by atoms with Crippen LogP contribution in [0.4, 0.5) is 15.8 Å². The van der Waals surface area contributed by atoms with E-state index in [0.717, 1.165) is 12.0 Å². The second kappa shape index (κ2) is 2.78. The molecule has 1 aromatic carbocycles. The zero-order valence-electron chi connectivity index (χ0n) is 6.39. The van der Waals surface area contributed by atoms with E-state index in [1.54, 1.807) is 6.07 Å². The van der Waals surface area contributed by atoms with Gasteiger partial charge in [0.1, 0.15) is 5.82 Å². The zero-order valence-corrected chi connectivity index (χ0v) is 6.39. The van der Waals surface area contributed by atoms with E-state index < -0.39 is 5.82 Å². The van der Waals surface area contributed by atoms with Gasteiger partial charge in [-0.25, -0.2) is 4.39 Å². The summed E-state index contributed by atoms with van der Waals surface area (Å²) in [6.07, 6.45) is 0.774. The summed E-state index contributed by atoms with van der Waals surface area (Å²) in [7, 11) is 0. The molecule has 4 N–H and O–H groups in total. The number of nitrogen functional groups attached to an aromatic ring is 2. The lowest BCUT2D eigenvalue weighted by Gasteiger charge is -2.05. The summed E-state index contributed by atoms with van der Waals surface area (Å²) in [5.41, 5.74) is 12.2. The van der Waals surface area contributed by atoms with Crippen molar-refractivity contribution >= 4 is 11.4 Å². The van der Waals surface area contributed by atoms with Gasteiger partial charge in [0, 0.05) is 0 Å². The van der Waals surface area contributed by atoms with Crippen LogP contribution in [-0.4, -0.2) is 0 Å². The molecular formula is C8H11FN2. The number of nitrogens with two attached hydrogens (primary N) is 2. The van der Waals surface area contributed by atoms with Gasteiger partial charge in [0.15, 0.2) is 0 Å². The number of rotatable bonds is 1. The molecule has 0 aliphatic carbocycles. The van der Waals surface area contributed by atoms with Crippen LogP contribution in [0.3, 0.4) is 0 Å². The van der Waals surface area contributed by atoms with Crippen LogP contribution in [0.5, 0.6) is 0 Å². The second-order valence-electron chi connectivity index (χ2n) is 2.39. The Kier molecular flexibility index (Phi) is 1.98. The molecule has 0 aliphatic rings. The Balaban J connectivity index is 3.25. The largest absolute Gasteiger partial charge is 0.397 e. The minimum atomic E-state index is -0.445. The smallest absolute Gasteiger partial charge is 0.148 e. The monoisotopic (exact) mass is 154 g/mol. The van der Waals surface area contributed by atoms with Crippen LogP contribution in [0.2, 0.25) is 0 Å². The van der Waals surface area contributed by atoms with Crippen LogP contribution in [0.1, 0.15) is 12.5 Å². The molecule has 0 amide bonds. The van der Waals surface area contributed by atoms with Crippen molar-refractivity contribution in [3.05, 3.63) is 23.5 Å². The Bertz CT molecular complexity index is 271. The molecule has 0 fully saturated rings. The molecule has 0 bridgehead atoms. The molecule has 0 heterocycles. The fourth-order valence-electron chi connectivity index (χ4n) is 0.963. The van der Waals surface area contributed by atoms with E-state index in [2.05, 4.69) is 0 Å². The Morgan fingerprint density at radius 2 is 1.91 bits per heavy atom. The maximum atomic E-state index is 12.7. The number of halogens is 1. The van der Waals surface area contributed by atoms with E-state index in [4.69, 9.17) is 11.5 Å². The van der Waals surface area contributed by atoms with Crippen molar-refractivity contribution in [1.29, 1.82) is 0 Å². The third kappa shape index (κ3) is 1.27. The molecule has 0 unspecified atom stereocenters. The third-order valence-corrected chi connectivity index (χ3v) is 1.71. The normalized spacial score (nSPS) is 10.0. The first-order valence-corrected chi connectivity index (χ1v) is 3.49. The SMILES string of the molecule is CCc1ccc(F)c(N)c1N. The standard InChI is InChI=1S/C8H11FN2/c1-2-5-3-4-6(9)8(11)7(5)10/h3-4H,2,10-11H2,1H3. The van der Waals surface area contributed by atoms with Crippen molar-refractivity contribution in [2.24, 2.45) is 0 Å². The van der Waals surface area contributed by atoms with Gasteiger partial charge in [0.2, 0.25) is 0 Å². The Morgan fingerprint density at radius 1 is 1.27 bits per heavy atom. The van der Waals surface area contributed by atoms with E-state index in [0.29, 0.717) is 5.69 Å². The molecule has 0 aliphatic heterocycles. The lowest BCUT2D eigenvalue weighted by atomic mass is 10.1. The highest BCUT2D eigenvalue weighted by atomic mass is 19.1. The minimum Gasteiger partial charge on any atom is -0.397 e. The zero-order chi connectivity index (χ0) is 8.43. The summed E-state index contributed by atoms with van der Waals surface area (Å²) in [5.74, 6) is -0.445. The molecule has 2 nitrogen and oxygen atoms in total. The second-order valence-corrected chi connectivity index (χ2v) is 2.39. The molecule has 0 spiro atoms. The van der Waals surface area contributed by atoms with E-state index >= 15 is 0 Å². The number of hydrogen-bond donors (Lipinski definition) is 2. The highest BCUT2D eigenvalue weighted by Crippen LogP contribution is 2.22. The highest BCUT2D eigenvalue weighted by molar-refractivity contribution is 5.67. The quantitative estimate of drug-likeness (QED) is 0.603. The number of benzene rings is 1. The molecule has 1 aromatic rings. The van der Waals surface area contributed by atoms with Crippen LogP contribution in [0, 0.1) is 5.82 Å². The van der Waals surface area contributed by atoms with Crippen LogP contribution in [-0.2, 0) is 6.42 Å². The van der Waals surface area contributed by atoms with Crippen molar-refractivity contribution in [3.8, 4) is 0 Å². The first-order chi connectivity index (χ1) is 5.16. The van der Waals surface area contributed by atoms with Crippen LogP contribution < -0.4 is 11.5 Å². The fraction of sp³-hybridized carbons (Fsp3) is 0.250. The third-order valence-electron chi connectivity index (χ3n) is 1.71. The summed E-state index contributed by atoms with van der Waals surface area (Å²) in [4.78, 5) is 0. The van der Waals surface area contributed by atoms with Gasteiger partial charge < -0.3 is 11.5 Å². The highest BCUT2D eigenvalue weighted by Gasteiger charge is 2.04. The van der Waals surface area contributed by atoms with Gasteiger partial charge >= 0.3 is 0 Å². The van der Waals surface area contributed by atoms with Gasteiger partial charge in [-0.15, -0.1) is 0 Å². The molecule has 11 heavy (non-hydrogen) atoms. The number of hydrogen-bond acceptors (Lipinski definition) is 2. The maximum absolute atomic E-state index is 12.7. The minimum absolute atomic E-state index is 0.0596. The van der Waals surface area contributed by atoms with Crippen molar-refractivity contribution in [2.45, 2.75) is 13.3 Å². The van der Waals surface area contributed by atoms with E-state index in [-0.39, 0.29) is 5.69 Å². The maximum Gasteiger partial charge on any atom is 0.148 e. The van der Waals surface area contributed by atoms with Crippen molar-refractivity contribution < 1.29 is 4.39 Å². The van der Waals surface area contributed by atoms with Gasteiger partial charge in [0.25, 0.3) is 0 Å². The van der Waals surface area contributed by atoms with Crippen LogP contribution >= 0.6 is 0 Å². The molecule has 0 aromatic heterocycles. The van der Waals surface area contributed by atoms with Crippen LogP contribution in [0.15, 0.2) is 12.1 Å². The number of aryl methyl sites for hydroxylation is 1. The first kappa shape index (κ1) is 7.85. The molecular weight excluding hydrogens is 143 g/mol. The van der Waals surface area contributed by atoms with Gasteiger partial charge in [-0.05, 0) is 18.1 Å². The van der Waals surface area contributed by atoms with E-state index in [9.17, 15) is 4.39 Å². The topological polar surface area (TPSA) is 52.0 Å². The first-order valence-electron chi connectivity index (χ1n) is 3.49. The molecule has 1 rings (SSSR count). The van der Waals surface area contributed by atoms with E-state index in [1.165, 1.54) is 6.07 Å². The summed E-state index contributed by atoms with van der Waals surface area (Å²) in [6.45, 7) is 1.95. The molecule has 0 saturated heterocycles. The Labute approximate surface area is 65.0 Å². The van der Waals surface area contributed by atoms with Gasteiger partial charge in [-0.1, -0.05) is 13.0 Å². The Hall–Kier alpha value is -1.25. The van der Waals surface area contributed by atoms with E-state index in [1.807, 2.05) is 6.92 Å². The molecule has 0 radical (unpaired) electrons. The predicted molar refractivity (Wildman–Crippen MR) is 44.6 cm³/mol. The average Bonchev–Trinajstić information content (AvgIpc) is 2.01. The van der Waals surface area contributed by atoms with Crippen LogP contribution in [0.25, 0.3) is 0 Å². The molecule has 0 atom stereocenters. The summed E-state index contributed by atoms with van der Waals surface area (Å²) < 4.78 is 12.7. The van der Waals surface area contributed by atoms with Gasteiger partial charge in [-0.3, -0.25) is 0 Å².